The van der Waals surface area contributed by atoms with Crippen LogP contribution in [0.5, 0.6) is 0 Å². The van der Waals surface area contributed by atoms with E-state index in [9.17, 15) is 0 Å². The van der Waals surface area contributed by atoms with Crippen LogP contribution in [-0.2, 0) is 9.59 Å². The summed E-state index contributed by atoms with van der Waals surface area (Å²) >= 11 is 0. The average molecular weight is 168 g/mol. The highest BCUT2D eigenvalue weighted by Gasteiger charge is 1.70. The molecule has 0 amide bonds. The van der Waals surface area contributed by atoms with Gasteiger partial charge < -0.3 is 20.4 Å². The van der Waals surface area contributed by atoms with Crippen LogP contribution in [0, 0.1) is 0 Å². The van der Waals surface area contributed by atoms with Gasteiger partial charge in [-0.3, -0.25) is 0 Å². The van der Waals surface area contributed by atoms with E-state index in [1.54, 1.807) is 0 Å². The fourth-order valence-electron chi connectivity index (χ4n) is 0. The molecular formula is C3H4O8. The summed E-state index contributed by atoms with van der Waals surface area (Å²) in [6.07, 6.45) is -3.42. The second-order valence-electron chi connectivity index (χ2n) is 0.648. The van der Waals surface area contributed by atoms with Crippen molar-refractivity contribution in [3.63, 3.8) is 0 Å². The van der Waals surface area contributed by atoms with Crippen molar-refractivity contribution in [2.24, 2.45) is 0 Å². The Hall–Kier alpha value is -2.08. The van der Waals surface area contributed by atoms with Gasteiger partial charge in [-0.15, -0.1) is 0 Å². The summed E-state index contributed by atoms with van der Waals surface area (Å²) in [4.78, 5) is 33.4. The molecule has 0 aliphatic carbocycles. The van der Waals surface area contributed by atoms with Gasteiger partial charge in [0.2, 0.25) is 0 Å². The molecule has 0 saturated heterocycles. The van der Waals surface area contributed by atoms with Gasteiger partial charge in [-0.05, 0) is 0 Å². The van der Waals surface area contributed by atoms with Gasteiger partial charge in [0, 0.05) is 0 Å². The maximum atomic E-state index is 8.56. The molecule has 0 aromatic rings. The van der Waals surface area contributed by atoms with Crippen molar-refractivity contribution in [1.82, 2.24) is 0 Å². The van der Waals surface area contributed by atoms with E-state index in [0.717, 1.165) is 0 Å². The molecule has 64 valence electrons. The lowest BCUT2D eigenvalue weighted by atomic mass is 11.5. The summed E-state index contributed by atoms with van der Waals surface area (Å²) < 4.78 is 0. The van der Waals surface area contributed by atoms with Crippen LogP contribution in [0.1, 0.15) is 0 Å². The maximum Gasteiger partial charge on any atom is 0.503 e. The predicted octanol–water partition coefficient (Wildman–Crippen LogP) is -0.139. The Kier molecular flexibility index (Phi) is 22.7. The van der Waals surface area contributed by atoms with E-state index in [2.05, 4.69) is 0 Å². The fraction of sp³-hybridized carbons (Fsp3) is 0. The highest BCUT2D eigenvalue weighted by molar-refractivity contribution is 5.53. The molecule has 11 heavy (non-hydrogen) atoms. The minimum atomic E-state index is -1.83. The SMILES string of the molecule is O=C(O)O.O=C(O)O.O=C=O. The first-order valence-corrected chi connectivity index (χ1v) is 1.71. The number of carbonyl (C=O) groups is 2. The summed E-state index contributed by atoms with van der Waals surface area (Å²) in [5.41, 5.74) is 0. The molecule has 0 aliphatic rings. The predicted molar refractivity (Wildman–Crippen MR) is 26.3 cm³/mol. The zero-order chi connectivity index (χ0) is 9.86. The number of rotatable bonds is 0. The van der Waals surface area contributed by atoms with Gasteiger partial charge in [-0.1, -0.05) is 0 Å². The summed E-state index contributed by atoms with van der Waals surface area (Å²) in [6, 6.07) is 0. The summed E-state index contributed by atoms with van der Waals surface area (Å²) in [5, 5.41) is 27.9. The average Bonchev–Trinajstić information content (AvgIpc) is 1.60. The molecule has 0 aliphatic heterocycles. The van der Waals surface area contributed by atoms with E-state index in [-0.39, 0.29) is 6.15 Å². The van der Waals surface area contributed by atoms with Crippen LogP contribution < -0.4 is 0 Å². The molecule has 0 fully saturated rings. The summed E-state index contributed by atoms with van der Waals surface area (Å²) in [6.45, 7) is 0. The molecule has 0 heterocycles. The molecule has 8 heteroatoms. The van der Waals surface area contributed by atoms with Gasteiger partial charge in [0.25, 0.3) is 0 Å². The Bertz CT molecular complexity index is 121. The Balaban J connectivity index is -0.0000000886. The summed E-state index contributed by atoms with van der Waals surface area (Å²) in [7, 11) is 0. The van der Waals surface area contributed by atoms with Crippen molar-refractivity contribution in [1.29, 1.82) is 0 Å². The molecule has 0 aromatic heterocycles. The van der Waals surface area contributed by atoms with Gasteiger partial charge in [0.1, 0.15) is 0 Å². The molecule has 4 N–H and O–H groups in total. The van der Waals surface area contributed by atoms with Crippen molar-refractivity contribution < 1.29 is 39.6 Å². The van der Waals surface area contributed by atoms with Gasteiger partial charge in [0.15, 0.2) is 0 Å². The molecule has 0 atom stereocenters. The number of carboxylic acid groups (broad SMARTS) is 4. The maximum absolute atomic E-state index is 8.56. The number of hydrogen-bond donors (Lipinski definition) is 4. The van der Waals surface area contributed by atoms with E-state index in [1.807, 2.05) is 0 Å². The highest BCUT2D eigenvalue weighted by Crippen LogP contribution is 1.43. The van der Waals surface area contributed by atoms with E-state index in [4.69, 9.17) is 39.6 Å². The fourth-order valence-corrected chi connectivity index (χ4v) is 0. The molecule has 0 saturated carbocycles. The highest BCUT2D eigenvalue weighted by atomic mass is 16.6. The topological polar surface area (TPSA) is 149 Å². The Morgan fingerprint density at radius 2 is 0.818 bits per heavy atom. The van der Waals surface area contributed by atoms with Gasteiger partial charge >= 0.3 is 18.5 Å². The van der Waals surface area contributed by atoms with E-state index in [0.29, 0.717) is 0 Å². The molecule has 0 spiro atoms. The minimum absolute atomic E-state index is 0.250. The van der Waals surface area contributed by atoms with Gasteiger partial charge in [0.05, 0.1) is 0 Å². The van der Waals surface area contributed by atoms with Crippen LogP contribution in [0.15, 0.2) is 0 Å². The van der Waals surface area contributed by atoms with Crippen LogP contribution in [0.25, 0.3) is 0 Å². The van der Waals surface area contributed by atoms with Gasteiger partial charge in [-0.2, -0.15) is 9.59 Å². The third kappa shape index (κ3) is 64.2. The van der Waals surface area contributed by atoms with Crippen LogP contribution in [0.2, 0.25) is 0 Å². The van der Waals surface area contributed by atoms with E-state index < -0.39 is 12.3 Å². The van der Waals surface area contributed by atoms with Crippen molar-refractivity contribution in [3.8, 4) is 0 Å². The quantitative estimate of drug-likeness (QED) is 0.390. The Morgan fingerprint density at radius 3 is 0.818 bits per heavy atom. The molecule has 0 unspecified atom stereocenters. The second kappa shape index (κ2) is 15.7. The monoisotopic (exact) mass is 168 g/mol. The summed E-state index contributed by atoms with van der Waals surface area (Å²) in [5.74, 6) is 0. The van der Waals surface area contributed by atoms with Crippen LogP contribution >= 0.6 is 0 Å². The van der Waals surface area contributed by atoms with E-state index >= 15 is 0 Å². The molecule has 0 aromatic carbocycles. The first kappa shape index (κ1) is 16.0. The zero-order valence-corrected chi connectivity index (χ0v) is 4.92. The molecular weight excluding hydrogens is 164 g/mol. The molecule has 0 bridgehead atoms. The van der Waals surface area contributed by atoms with Crippen molar-refractivity contribution >= 4 is 18.5 Å². The van der Waals surface area contributed by atoms with E-state index in [1.165, 1.54) is 0 Å². The first-order chi connectivity index (χ1) is 4.88. The van der Waals surface area contributed by atoms with Crippen LogP contribution in [0.4, 0.5) is 9.59 Å². The van der Waals surface area contributed by atoms with Gasteiger partial charge in [-0.25, -0.2) is 9.59 Å². The van der Waals surface area contributed by atoms with Crippen molar-refractivity contribution in [2.45, 2.75) is 0 Å². The largest absolute Gasteiger partial charge is 0.503 e. The normalized spacial score (nSPS) is 5.09. The third-order valence-electron chi connectivity index (χ3n) is 0. The first-order valence-electron chi connectivity index (χ1n) is 1.71. The van der Waals surface area contributed by atoms with Crippen molar-refractivity contribution in [2.75, 3.05) is 0 Å². The number of hydrogen-bond acceptors (Lipinski definition) is 4. The van der Waals surface area contributed by atoms with Crippen LogP contribution in [0.3, 0.4) is 0 Å². The smallest absolute Gasteiger partial charge is 0.450 e. The number of carbonyl (C=O) groups excluding carboxylic acids is 2. The Labute approximate surface area is 59.3 Å². The lowest BCUT2D eigenvalue weighted by Crippen LogP contribution is -1.81. The van der Waals surface area contributed by atoms with Crippen LogP contribution in [-0.4, -0.2) is 38.9 Å². The molecule has 0 rings (SSSR count). The van der Waals surface area contributed by atoms with Crippen molar-refractivity contribution in [3.05, 3.63) is 0 Å². The lowest BCUT2D eigenvalue weighted by molar-refractivity contribution is -0.191. The minimum Gasteiger partial charge on any atom is -0.450 e. The zero-order valence-electron chi connectivity index (χ0n) is 4.92. The standard InChI is InChI=1S/2CH2O3.CO2/c2*2-1(3)4;2-1-3/h2*(H2,2,3,4);. The lowest BCUT2D eigenvalue weighted by Gasteiger charge is -1.60. The molecule has 8 nitrogen and oxygen atoms in total. The Morgan fingerprint density at radius 1 is 0.818 bits per heavy atom. The third-order valence-corrected chi connectivity index (χ3v) is 0. The molecule has 0 radical (unpaired) electrons. The second-order valence-corrected chi connectivity index (χ2v) is 0.648.